The summed E-state index contributed by atoms with van der Waals surface area (Å²) in [5.74, 6) is -0.869. The molecule has 0 aliphatic carbocycles. The van der Waals surface area contributed by atoms with Gasteiger partial charge in [-0.05, 0) is 6.42 Å². The molecule has 3 heteroatoms. The maximum absolute atomic E-state index is 10.6. The average molecular weight is 342 g/mol. The molecular formula is C21H43NO2. The van der Waals surface area contributed by atoms with E-state index >= 15 is 0 Å². The summed E-state index contributed by atoms with van der Waals surface area (Å²) in [5.41, 5.74) is 5.48. The minimum Gasteiger partial charge on any atom is -0.480 e. The van der Waals surface area contributed by atoms with E-state index in [0.717, 1.165) is 12.8 Å². The van der Waals surface area contributed by atoms with Gasteiger partial charge in [-0.25, -0.2) is 0 Å². The maximum atomic E-state index is 10.6. The Bertz CT molecular complexity index is 269. The van der Waals surface area contributed by atoms with E-state index in [-0.39, 0.29) is 0 Å². The van der Waals surface area contributed by atoms with Crippen LogP contribution in [0.4, 0.5) is 0 Å². The van der Waals surface area contributed by atoms with E-state index in [0.29, 0.717) is 6.42 Å². The molecule has 144 valence electrons. The fourth-order valence-corrected chi connectivity index (χ4v) is 3.21. The van der Waals surface area contributed by atoms with Crippen LogP contribution in [0.25, 0.3) is 0 Å². The minimum atomic E-state index is -0.869. The van der Waals surface area contributed by atoms with Crippen LogP contribution in [0, 0.1) is 0 Å². The van der Waals surface area contributed by atoms with Gasteiger partial charge in [-0.2, -0.15) is 0 Å². The van der Waals surface area contributed by atoms with Crippen LogP contribution in [0.15, 0.2) is 0 Å². The van der Waals surface area contributed by atoms with Gasteiger partial charge in [0, 0.05) is 0 Å². The zero-order chi connectivity index (χ0) is 17.9. The van der Waals surface area contributed by atoms with E-state index < -0.39 is 12.0 Å². The Kier molecular flexibility index (Phi) is 18.3. The number of aliphatic carboxylic acids is 1. The molecule has 0 saturated heterocycles. The Hall–Kier alpha value is -0.570. The van der Waals surface area contributed by atoms with Gasteiger partial charge < -0.3 is 10.8 Å². The molecule has 0 rings (SSSR count). The van der Waals surface area contributed by atoms with Crippen LogP contribution in [-0.2, 0) is 4.79 Å². The Balaban J connectivity index is 3.04. The van der Waals surface area contributed by atoms with Crippen molar-refractivity contribution in [3.8, 4) is 0 Å². The number of hydrogen-bond acceptors (Lipinski definition) is 2. The SMILES string of the molecule is CCCCCCCCCCCCCCCCCCC[C@@H](N)C(=O)O. The van der Waals surface area contributed by atoms with Crippen molar-refractivity contribution in [1.29, 1.82) is 0 Å². The highest BCUT2D eigenvalue weighted by atomic mass is 16.4. The van der Waals surface area contributed by atoms with E-state index in [9.17, 15) is 4.79 Å². The highest BCUT2D eigenvalue weighted by Gasteiger charge is 2.09. The van der Waals surface area contributed by atoms with Gasteiger partial charge in [-0.1, -0.05) is 116 Å². The van der Waals surface area contributed by atoms with Crippen LogP contribution in [0.2, 0.25) is 0 Å². The van der Waals surface area contributed by atoms with Gasteiger partial charge in [0.05, 0.1) is 0 Å². The fourth-order valence-electron chi connectivity index (χ4n) is 3.21. The number of carbonyl (C=O) groups is 1. The molecule has 0 spiro atoms. The van der Waals surface area contributed by atoms with Gasteiger partial charge in [0.2, 0.25) is 0 Å². The standard InChI is InChI=1S/C21H43NO2/c1-2-3-4-5-6-7-8-9-10-11-12-13-14-15-16-17-18-19-20(22)21(23)24/h20H,2-19,22H2,1H3,(H,23,24)/t20-/m1/s1. The van der Waals surface area contributed by atoms with Crippen molar-refractivity contribution in [2.24, 2.45) is 5.73 Å². The zero-order valence-corrected chi connectivity index (χ0v) is 16.2. The molecule has 0 unspecified atom stereocenters. The molecule has 1 atom stereocenters. The largest absolute Gasteiger partial charge is 0.480 e. The summed E-state index contributed by atoms with van der Waals surface area (Å²) in [5, 5.41) is 8.69. The van der Waals surface area contributed by atoms with Crippen LogP contribution >= 0.6 is 0 Å². The van der Waals surface area contributed by atoms with Crippen LogP contribution in [-0.4, -0.2) is 17.1 Å². The summed E-state index contributed by atoms with van der Waals surface area (Å²) in [6.45, 7) is 2.28. The topological polar surface area (TPSA) is 63.3 Å². The lowest BCUT2D eigenvalue weighted by atomic mass is 10.0. The van der Waals surface area contributed by atoms with Crippen molar-refractivity contribution in [3.05, 3.63) is 0 Å². The third-order valence-electron chi connectivity index (χ3n) is 4.94. The molecule has 0 fully saturated rings. The van der Waals surface area contributed by atoms with Crippen molar-refractivity contribution < 1.29 is 9.90 Å². The molecular weight excluding hydrogens is 298 g/mol. The van der Waals surface area contributed by atoms with Crippen molar-refractivity contribution in [2.45, 2.75) is 129 Å². The van der Waals surface area contributed by atoms with Gasteiger partial charge in [0.15, 0.2) is 0 Å². The predicted octanol–water partition coefficient (Wildman–Crippen LogP) is 6.44. The lowest BCUT2D eigenvalue weighted by molar-refractivity contribution is -0.138. The number of unbranched alkanes of at least 4 members (excludes halogenated alkanes) is 16. The second-order valence-electron chi connectivity index (χ2n) is 7.39. The first-order valence-corrected chi connectivity index (χ1v) is 10.7. The number of rotatable bonds is 19. The van der Waals surface area contributed by atoms with Gasteiger partial charge in [0.25, 0.3) is 0 Å². The zero-order valence-electron chi connectivity index (χ0n) is 16.2. The van der Waals surface area contributed by atoms with Crippen LogP contribution in [0.5, 0.6) is 0 Å². The first kappa shape index (κ1) is 23.4. The van der Waals surface area contributed by atoms with Gasteiger partial charge in [0.1, 0.15) is 6.04 Å². The van der Waals surface area contributed by atoms with E-state index in [1.165, 1.54) is 96.3 Å². The van der Waals surface area contributed by atoms with Crippen LogP contribution < -0.4 is 5.73 Å². The van der Waals surface area contributed by atoms with Crippen LogP contribution in [0.3, 0.4) is 0 Å². The molecule has 0 bridgehead atoms. The molecule has 0 heterocycles. The van der Waals surface area contributed by atoms with Crippen molar-refractivity contribution in [1.82, 2.24) is 0 Å². The second kappa shape index (κ2) is 18.8. The number of hydrogen-bond donors (Lipinski definition) is 2. The first-order chi connectivity index (χ1) is 11.7. The third kappa shape index (κ3) is 17.8. The monoisotopic (exact) mass is 341 g/mol. The molecule has 0 aliphatic rings. The first-order valence-electron chi connectivity index (χ1n) is 10.7. The average Bonchev–Trinajstić information content (AvgIpc) is 2.57. The van der Waals surface area contributed by atoms with E-state index in [2.05, 4.69) is 6.92 Å². The third-order valence-corrected chi connectivity index (χ3v) is 4.94. The molecule has 0 aromatic rings. The quantitative estimate of drug-likeness (QED) is 0.266. The van der Waals surface area contributed by atoms with E-state index in [4.69, 9.17) is 10.8 Å². The Morgan fingerprint density at radius 3 is 1.25 bits per heavy atom. The van der Waals surface area contributed by atoms with Crippen molar-refractivity contribution in [2.75, 3.05) is 0 Å². The summed E-state index contributed by atoms with van der Waals surface area (Å²) >= 11 is 0. The molecule has 0 radical (unpaired) electrons. The molecule has 0 aliphatic heterocycles. The number of nitrogens with two attached hydrogens (primary N) is 1. The molecule has 0 saturated carbocycles. The molecule has 0 aromatic carbocycles. The van der Waals surface area contributed by atoms with Gasteiger partial charge in [-0.3, -0.25) is 4.79 Å². The highest BCUT2D eigenvalue weighted by Crippen LogP contribution is 2.14. The molecule has 3 N–H and O–H groups in total. The van der Waals surface area contributed by atoms with E-state index in [1.807, 2.05) is 0 Å². The molecule has 24 heavy (non-hydrogen) atoms. The summed E-state index contributed by atoms with van der Waals surface area (Å²) in [4.78, 5) is 10.6. The Morgan fingerprint density at radius 1 is 0.667 bits per heavy atom. The van der Waals surface area contributed by atoms with Gasteiger partial charge in [-0.15, -0.1) is 0 Å². The smallest absolute Gasteiger partial charge is 0.320 e. The highest BCUT2D eigenvalue weighted by molar-refractivity contribution is 5.72. The summed E-state index contributed by atoms with van der Waals surface area (Å²) in [6, 6.07) is -0.665. The van der Waals surface area contributed by atoms with Crippen molar-refractivity contribution >= 4 is 5.97 Å². The Morgan fingerprint density at radius 2 is 0.958 bits per heavy atom. The van der Waals surface area contributed by atoms with Gasteiger partial charge >= 0.3 is 5.97 Å². The molecule has 0 aromatic heterocycles. The summed E-state index contributed by atoms with van der Waals surface area (Å²) in [7, 11) is 0. The van der Waals surface area contributed by atoms with E-state index in [1.54, 1.807) is 0 Å². The molecule has 3 nitrogen and oxygen atoms in total. The maximum Gasteiger partial charge on any atom is 0.320 e. The minimum absolute atomic E-state index is 0.619. The molecule has 0 amide bonds. The van der Waals surface area contributed by atoms with Crippen molar-refractivity contribution in [3.63, 3.8) is 0 Å². The lowest BCUT2D eigenvalue weighted by Gasteiger charge is -2.06. The number of carboxylic acid groups (broad SMARTS) is 1. The lowest BCUT2D eigenvalue weighted by Crippen LogP contribution is -2.29. The number of carboxylic acids is 1. The predicted molar refractivity (Wildman–Crippen MR) is 104 cm³/mol. The Labute approximate surface area is 150 Å². The summed E-state index contributed by atoms with van der Waals surface area (Å²) < 4.78 is 0. The van der Waals surface area contributed by atoms with Crippen LogP contribution in [0.1, 0.15) is 122 Å². The second-order valence-corrected chi connectivity index (χ2v) is 7.39. The fraction of sp³-hybridized carbons (Fsp3) is 0.952. The normalized spacial score (nSPS) is 12.4. The summed E-state index contributed by atoms with van der Waals surface area (Å²) in [6.07, 6.45) is 23.5.